The van der Waals surface area contributed by atoms with E-state index < -0.39 is 0 Å². The Morgan fingerprint density at radius 3 is 3.06 bits per heavy atom. The summed E-state index contributed by atoms with van der Waals surface area (Å²) in [7, 11) is 1.72. The van der Waals surface area contributed by atoms with Crippen LogP contribution in [0.4, 0.5) is 0 Å². The quantitative estimate of drug-likeness (QED) is 0.685. The number of hydrogen-bond acceptors (Lipinski definition) is 3. The summed E-state index contributed by atoms with van der Waals surface area (Å²) in [6, 6.07) is 0. The van der Waals surface area contributed by atoms with Crippen LogP contribution in [0, 0.1) is 0 Å². The maximum absolute atomic E-state index is 4.98. The fraction of sp³-hybridized carbons (Fsp3) is 0.643. The molecule has 1 N–H and O–H groups in total. The molecule has 4 nitrogen and oxygen atoms in total. The van der Waals surface area contributed by atoms with Crippen LogP contribution in [0.5, 0.6) is 0 Å². The van der Waals surface area contributed by atoms with Crippen LogP contribution in [0.15, 0.2) is 18.5 Å². The predicted octanol–water partition coefficient (Wildman–Crippen LogP) is 2.32. The van der Waals surface area contributed by atoms with E-state index in [1.165, 1.54) is 11.1 Å². The highest BCUT2D eigenvalue weighted by atomic mass is 16.5. The minimum absolute atomic E-state index is 0.770. The summed E-state index contributed by atoms with van der Waals surface area (Å²) in [5.74, 6) is 0. The summed E-state index contributed by atoms with van der Waals surface area (Å²) in [5, 5.41) is 7.67. The first-order valence-electron chi connectivity index (χ1n) is 6.67. The number of aryl methyl sites for hydroxylation is 1. The van der Waals surface area contributed by atoms with Gasteiger partial charge in [-0.25, -0.2) is 0 Å². The van der Waals surface area contributed by atoms with Crippen molar-refractivity contribution in [2.24, 2.45) is 0 Å². The molecular weight excluding hydrogens is 226 g/mol. The second-order valence-electron chi connectivity index (χ2n) is 4.41. The lowest BCUT2D eigenvalue weighted by Crippen LogP contribution is -2.19. The van der Waals surface area contributed by atoms with Gasteiger partial charge in [-0.15, -0.1) is 0 Å². The summed E-state index contributed by atoms with van der Waals surface area (Å²) in [5.41, 5.74) is 2.52. The monoisotopic (exact) mass is 251 g/mol. The summed E-state index contributed by atoms with van der Waals surface area (Å²) < 4.78 is 6.98. The van der Waals surface area contributed by atoms with E-state index in [4.69, 9.17) is 4.74 Å². The van der Waals surface area contributed by atoms with Crippen LogP contribution < -0.4 is 5.32 Å². The van der Waals surface area contributed by atoms with Gasteiger partial charge >= 0.3 is 0 Å². The van der Waals surface area contributed by atoms with Gasteiger partial charge in [0.25, 0.3) is 0 Å². The smallest absolute Gasteiger partial charge is 0.0587 e. The minimum Gasteiger partial charge on any atom is -0.383 e. The molecule has 0 amide bonds. The molecule has 1 heterocycles. The molecule has 0 saturated heterocycles. The van der Waals surface area contributed by atoms with Gasteiger partial charge in [0.05, 0.1) is 12.8 Å². The molecule has 4 heteroatoms. The highest BCUT2D eigenvalue weighted by Crippen LogP contribution is 2.13. The highest BCUT2D eigenvalue weighted by molar-refractivity contribution is 5.62. The number of ether oxygens (including phenoxy) is 1. The van der Waals surface area contributed by atoms with E-state index in [2.05, 4.69) is 36.5 Å². The molecule has 0 atom stereocenters. The molecule has 0 aliphatic rings. The average Bonchev–Trinajstić information content (AvgIpc) is 2.82. The number of methoxy groups -OCH3 is 1. The zero-order chi connectivity index (χ0) is 13.2. The third-order valence-electron chi connectivity index (χ3n) is 2.80. The Bertz CT molecular complexity index is 358. The van der Waals surface area contributed by atoms with Crippen molar-refractivity contribution in [2.45, 2.75) is 33.2 Å². The van der Waals surface area contributed by atoms with Crippen molar-refractivity contribution in [1.29, 1.82) is 0 Å². The Morgan fingerprint density at radius 2 is 2.33 bits per heavy atom. The van der Waals surface area contributed by atoms with E-state index in [1.807, 2.05) is 10.9 Å². The first-order chi connectivity index (χ1) is 8.77. The van der Waals surface area contributed by atoms with Gasteiger partial charge < -0.3 is 10.1 Å². The standard InChI is InChI=1S/C14H25N3O/c1-4-9-17-12-14(11-16-17)13(2)6-5-7-15-8-10-18-3/h6,11-12,15H,4-5,7-10H2,1-3H3. The fourth-order valence-electron chi connectivity index (χ4n) is 1.73. The molecule has 0 unspecified atom stereocenters. The summed E-state index contributed by atoms with van der Waals surface area (Å²) in [4.78, 5) is 0. The Hall–Kier alpha value is -1.13. The van der Waals surface area contributed by atoms with Crippen molar-refractivity contribution in [3.63, 3.8) is 0 Å². The lowest BCUT2D eigenvalue weighted by Gasteiger charge is -2.02. The Morgan fingerprint density at radius 1 is 1.50 bits per heavy atom. The number of hydrogen-bond donors (Lipinski definition) is 1. The van der Waals surface area contributed by atoms with Crippen LogP contribution in [0.3, 0.4) is 0 Å². The number of allylic oxidation sites excluding steroid dienone is 1. The van der Waals surface area contributed by atoms with Gasteiger partial charge in [-0.2, -0.15) is 5.10 Å². The van der Waals surface area contributed by atoms with Gasteiger partial charge in [-0.1, -0.05) is 13.0 Å². The third kappa shape index (κ3) is 5.47. The van der Waals surface area contributed by atoms with Gasteiger partial charge in [0, 0.05) is 32.0 Å². The molecule has 1 aromatic heterocycles. The van der Waals surface area contributed by atoms with Crippen LogP contribution in [0.1, 0.15) is 32.3 Å². The molecule has 102 valence electrons. The van der Waals surface area contributed by atoms with Crippen LogP contribution >= 0.6 is 0 Å². The predicted molar refractivity (Wildman–Crippen MR) is 75.5 cm³/mol. The molecule has 0 fully saturated rings. The Balaban J connectivity index is 2.31. The van der Waals surface area contributed by atoms with E-state index in [9.17, 15) is 0 Å². The summed E-state index contributed by atoms with van der Waals surface area (Å²) in [6.07, 6.45) is 8.47. The fourth-order valence-corrected chi connectivity index (χ4v) is 1.73. The maximum Gasteiger partial charge on any atom is 0.0587 e. The third-order valence-corrected chi connectivity index (χ3v) is 2.80. The number of rotatable bonds is 9. The maximum atomic E-state index is 4.98. The topological polar surface area (TPSA) is 39.1 Å². The lowest BCUT2D eigenvalue weighted by molar-refractivity contribution is 0.199. The van der Waals surface area contributed by atoms with Gasteiger partial charge in [0.1, 0.15) is 0 Å². The molecule has 0 radical (unpaired) electrons. The van der Waals surface area contributed by atoms with Gasteiger partial charge in [0.15, 0.2) is 0 Å². The molecular formula is C14H25N3O. The largest absolute Gasteiger partial charge is 0.383 e. The Labute approximate surface area is 110 Å². The van der Waals surface area contributed by atoms with Crippen LogP contribution in [-0.4, -0.2) is 36.6 Å². The van der Waals surface area contributed by atoms with E-state index >= 15 is 0 Å². The average molecular weight is 251 g/mol. The van der Waals surface area contributed by atoms with Crippen molar-refractivity contribution >= 4 is 5.57 Å². The summed E-state index contributed by atoms with van der Waals surface area (Å²) >= 11 is 0. The van der Waals surface area contributed by atoms with Crippen LogP contribution in [0.25, 0.3) is 5.57 Å². The van der Waals surface area contributed by atoms with Crippen molar-refractivity contribution < 1.29 is 4.74 Å². The molecule has 0 saturated carbocycles. The van der Waals surface area contributed by atoms with Gasteiger partial charge in [0.2, 0.25) is 0 Å². The molecule has 0 spiro atoms. The van der Waals surface area contributed by atoms with Crippen LogP contribution in [-0.2, 0) is 11.3 Å². The van der Waals surface area contributed by atoms with E-state index in [-0.39, 0.29) is 0 Å². The zero-order valence-corrected chi connectivity index (χ0v) is 11.8. The molecule has 18 heavy (non-hydrogen) atoms. The molecule has 0 aliphatic carbocycles. The van der Waals surface area contributed by atoms with Crippen LogP contribution in [0.2, 0.25) is 0 Å². The molecule has 1 rings (SSSR count). The second-order valence-corrected chi connectivity index (χ2v) is 4.41. The van der Waals surface area contributed by atoms with Crippen molar-refractivity contribution in [1.82, 2.24) is 15.1 Å². The number of aromatic nitrogens is 2. The summed E-state index contributed by atoms with van der Waals surface area (Å²) in [6.45, 7) is 7.97. The molecule has 0 aromatic carbocycles. The van der Waals surface area contributed by atoms with E-state index in [0.29, 0.717) is 0 Å². The van der Waals surface area contributed by atoms with Crippen molar-refractivity contribution in [2.75, 3.05) is 26.8 Å². The van der Waals surface area contributed by atoms with E-state index in [1.54, 1.807) is 7.11 Å². The molecule has 0 aliphatic heterocycles. The first kappa shape index (κ1) is 14.9. The zero-order valence-electron chi connectivity index (χ0n) is 11.8. The lowest BCUT2D eigenvalue weighted by atomic mass is 10.1. The SMILES string of the molecule is CCCn1cc(C(C)=CCCNCCOC)cn1. The van der Waals surface area contributed by atoms with E-state index in [0.717, 1.165) is 39.1 Å². The van der Waals surface area contributed by atoms with Crippen molar-refractivity contribution in [3.8, 4) is 0 Å². The molecule has 1 aromatic rings. The second kappa shape index (κ2) is 8.89. The van der Waals surface area contributed by atoms with Gasteiger partial charge in [-0.05, 0) is 31.9 Å². The Kier molecular flexibility index (Phi) is 7.37. The number of nitrogens with zero attached hydrogens (tertiary/aromatic N) is 2. The van der Waals surface area contributed by atoms with Crippen molar-refractivity contribution in [3.05, 3.63) is 24.0 Å². The first-order valence-corrected chi connectivity index (χ1v) is 6.67. The number of nitrogens with one attached hydrogen (secondary N) is 1. The highest BCUT2D eigenvalue weighted by Gasteiger charge is 1.99. The molecule has 0 bridgehead atoms. The minimum atomic E-state index is 0.770. The van der Waals surface area contributed by atoms with Gasteiger partial charge in [-0.3, -0.25) is 4.68 Å². The normalized spacial score (nSPS) is 12.1.